The van der Waals surface area contributed by atoms with Gasteiger partial charge in [0.2, 0.25) is 0 Å². The van der Waals surface area contributed by atoms with E-state index in [-0.39, 0.29) is 28.8 Å². The molecule has 4 aromatic rings. The fourth-order valence-electron chi connectivity index (χ4n) is 4.56. The molecule has 1 aliphatic rings. The predicted molar refractivity (Wildman–Crippen MR) is 129 cm³/mol. The summed E-state index contributed by atoms with van der Waals surface area (Å²) in [5.41, 5.74) is 8.91. The van der Waals surface area contributed by atoms with Gasteiger partial charge < -0.3 is 30.2 Å². The number of benzene rings is 2. The van der Waals surface area contributed by atoms with Crippen molar-refractivity contribution in [3.8, 4) is 11.4 Å². The average molecular weight is 451 g/mol. The van der Waals surface area contributed by atoms with Crippen molar-refractivity contribution in [2.24, 2.45) is 0 Å². The summed E-state index contributed by atoms with van der Waals surface area (Å²) >= 11 is 0. The fraction of sp³-hybridized carbons (Fsp3) is 0.333. The van der Waals surface area contributed by atoms with Crippen LogP contribution in [0.25, 0.3) is 33.3 Å². The van der Waals surface area contributed by atoms with E-state index in [0.717, 1.165) is 24.3 Å². The van der Waals surface area contributed by atoms with Crippen LogP contribution in [0.2, 0.25) is 0 Å². The van der Waals surface area contributed by atoms with Gasteiger partial charge in [-0.25, -0.2) is 9.37 Å². The first-order valence-corrected chi connectivity index (χ1v) is 10.9. The van der Waals surface area contributed by atoms with Gasteiger partial charge in [-0.3, -0.25) is 4.79 Å². The Hall–Kier alpha value is -3.43. The van der Waals surface area contributed by atoms with Crippen molar-refractivity contribution in [1.82, 2.24) is 19.9 Å². The summed E-state index contributed by atoms with van der Waals surface area (Å²) in [7, 11) is 4.08. The highest BCUT2D eigenvalue weighted by atomic mass is 19.1. The number of hydrogen-bond donors (Lipinski definition) is 3. The molecule has 1 saturated heterocycles. The summed E-state index contributed by atoms with van der Waals surface area (Å²) < 4.78 is 20.4. The number of imidazole rings is 1. The molecule has 0 unspecified atom stereocenters. The van der Waals surface area contributed by atoms with Gasteiger partial charge in [0.25, 0.3) is 5.56 Å². The number of nitrogens with zero attached hydrogens (tertiary/aromatic N) is 3. The van der Waals surface area contributed by atoms with E-state index < -0.39 is 11.4 Å². The van der Waals surface area contributed by atoms with E-state index in [2.05, 4.69) is 31.7 Å². The normalized spacial score (nSPS) is 19.1. The Morgan fingerprint density at radius 1 is 1.24 bits per heavy atom. The Morgan fingerprint density at radius 3 is 2.85 bits per heavy atom. The second-order valence-corrected chi connectivity index (χ2v) is 8.91. The van der Waals surface area contributed by atoms with Crippen LogP contribution in [0.5, 0.6) is 0 Å². The van der Waals surface area contributed by atoms with Crippen molar-refractivity contribution < 1.29 is 9.13 Å². The minimum Gasteiger partial charge on any atom is -0.397 e. The molecule has 2 aromatic carbocycles. The smallest absolute Gasteiger partial charge is 0.261 e. The molecule has 3 heterocycles. The van der Waals surface area contributed by atoms with Gasteiger partial charge in [-0.15, -0.1) is 0 Å². The number of halogens is 1. The summed E-state index contributed by atoms with van der Waals surface area (Å²) in [5, 5.41) is 0.183. The van der Waals surface area contributed by atoms with E-state index in [1.807, 2.05) is 32.3 Å². The van der Waals surface area contributed by atoms with E-state index in [1.54, 1.807) is 6.07 Å². The molecule has 172 valence electrons. The minimum absolute atomic E-state index is 0.0689. The molecule has 8 nitrogen and oxygen atoms in total. The van der Waals surface area contributed by atoms with E-state index in [0.29, 0.717) is 23.5 Å². The maximum atomic E-state index is 14.4. The van der Waals surface area contributed by atoms with Crippen LogP contribution in [0.1, 0.15) is 6.92 Å². The summed E-state index contributed by atoms with van der Waals surface area (Å²) in [6, 6.07) is 10.7. The highest BCUT2D eigenvalue weighted by Gasteiger charge is 2.27. The number of hydrogen-bond acceptors (Lipinski definition) is 6. The molecule has 0 radical (unpaired) electrons. The standard InChI is InChI=1S/C24H27FN6O2/c1-13-12-33-15(10-30(2)3)11-31(13)14-7-8-17-19(9-14)28-23(27-17)21-22(26)20-16(25)5-4-6-18(20)29-24(21)32/h4-9,13,15H,10-12H2,1-3H3,(H,27,28)(H3,26,29,32)/t13-,15+/m0/s1. The van der Waals surface area contributed by atoms with E-state index in [9.17, 15) is 9.18 Å². The number of H-pyrrole nitrogens is 2. The van der Waals surface area contributed by atoms with Crippen molar-refractivity contribution >= 4 is 33.3 Å². The molecule has 1 fully saturated rings. The van der Waals surface area contributed by atoms with Crippen molar-refractivity contribution in [2.75, 3.05) is 44.4 Å². The van der Waals surface area contributed by atoms with Gasteiger partial charge in [-0.2, -0.15) is 0 Å². The van der Waals surface area contributed by atoms with Crippen LogP contribution in [-0.2, 0) is 4.74 Å². The van der Waals surface area contributed by atoms with Gasteiger partial charge >= 0.3 is 0 Å². The lowest BCUT2D eigenvalue weighted by molar-refractivity contribution is 0.00880. The van der Waals surface area contributed by atoms with Crippen LogP contribution in [0, 0.1) is 5.82 Å². The monoisotopic (exact) mass is 450 g/mol. The number of ether oxygens (including phenoxy) is 1. The Labute approximate surface area is 190 Å². The quantitative estimate of drug-likeness (QED) is 0.442. The number of nitrogens with one attached hydrogen (secondary N) is 2. The Morgan fingerprint density at radius 2 is 2.06 bits per heavy atom. The maximum Gasteiger partial charge on any atom is 0.261 e. The van der Waals surface area contributed by atoms with Gasteiger partial charge in [-0.1, -0.05) is 6.07 Å². The molecule has 1 aliphatic heterocycles. The van der Waals surface area contributed by atoms with Crippen LogP contribution in [0.4, 0.5) is 15.8 Å². The second kappa shape index (κ2) is 8.17. The molecule has 0 bridgehead atoms. The summed E-state index contributed by atoms with van der Waals surface area (Å²) in [4.78, 5) is 27.7. The largest absolute Gasteiger partial charge is 0.397 e. The molecular formula is C24H27FN6O2. The molecule has 0 amide bonds. The number of nitrogen functional groups attached to an aromatic ring is 1. The second-order valence-electron chi connectivity index (χ2n) is 8.91. The van der Waals surface area contributed by atoms with Crippen LogP contribution in [0.3, 0.4) is 0 Å². The number of aromatic amines is 2. The number of aromatic nitrogens is 3. The fourth-order valence-corrected chi connectivity index (χ4v) is 4.56. The molecule has 4 N–H and O–H groups in total. The van der Waals surface area contributed by atoms with Crippen LogP contribution < -0.4 is 16.2 Å². The van der Waals surface area contributed by atoms with Gasteiger partial charge in [0.1, 0.15) is 17.2 Å². The molecular weight excluding hydrogens is 423 g/mol. The number of rotatable bonds is 4. The third-order valence-electron chi connectivity index (χ3n) is 6.14. The average Bonchev–Trinajstić information content (AvgIpc) is 3.17. The predicted octanol–water partition coefficient (Wildman–Crippen LogP) is 2.95. The number of fused-ring (bicyclic) bond motifs is 2. The minimum atomic E-state index is -0.491. The zero-order valence-electron chi connectivity index (χ0n) is 18.9. The Balaban J connectivity index is 1.54. The maximum absolute atomic E-state index is 14.4. The van der Waals surface area contributed by atoms with Crippen molar-refractivity contribution in [3.05, 3.63) is 52.6 Å². The number of morpholine rings is 1. The highest BCUT2D eigenvalue weighted by Crippen LogP contribution is 2.31. The Kier molecular flexibility index (Phi) is 5.30. The lowest BCUT2D eigenvalue weighted by Crippen LogP contribution is -2.51. The molecule has 9 heteroatoms. The van der Waals surface area contributed by atoms with Crippen LogP contribution in [-0.4, -0.2) is 65.8 Å². The summed E-state index contributed by atoms with van der Waals surface area (Å²) in [6.07, 6.45) is 0.120. The first kappa shape index (κ1) is 21.4. The van der Waals surface area contributed by atoms with Gasteiger partial charge in [0, 0.05) is 24.8 Å². The number of likely N-dealkylation sites (N-methyl/N-ethyl adjacent to an activating group) is 1. The zero-order chi connectivity index (χ0) is 23.3. The molecule has 0 aliphatic carbocycles. The Bertz CT molecular complexity index is 1400. The molecule has 5 rings (SSSR count). The lowest BCUT2D eigenvalue weighted by Gasteiger charge is -2.40. The van der Waals surface area contributed by atoms with Crippen molar-refractivity contribution in [1.29, 1.82) is 0 Å². The molecule has 2 aromatic heterocycles. The number of pyridine rings is 1. The van der Waals surface area contributed by atoms with E-state index in [4.69, 9.17) is 10.5 Å². The van der Waals surface area contributed by atoms with Crippen molar-refractivity contribution in [3.63, 3.8) is 0 Å². The molecule has 0 saturated carbocycles. The SMILES string of the molecule is C[C@H]1CO[C@H](CN(C)C)CN1c1ccc2nc(-c3c(N)c4c(F)cccc4[nH]c3=O)[nH]c2c1. The summed E-state index contributed by atoms with van der Waals surface area (Å²) in [5.74, 6) is -0.180. The van der Waals surface area contributed by atoms with Gasteiger partial charge in [-0.05, 0) is 51.4 Å². The molecule has 0 spiro atoms. The first-order valence-electron chi connectivity index (χ1n) is 10.9. The van der Waals surface area contributed by atoms with E-state index in [1.165, 1.54) is 12.1 Å². The van der Waals surface area contributed by atoms with Crippen molar-refractivity contribution in [2.45, 2.75) is 19.1 Å². The highest BCUT2D eigenvalue weighted by molar-refractivity contribution is 5.98. The zero-order valence-corrected chi connectivity index (χ0v) is 18.9. The van der Waals surface area contributed by atoms with Crippen LogP contribution >= 0.6 is 0 Å². The van der Waals surface area contributed by atoms with Gasteiger partial charge in [0.15, 0.2) is 0 Å². The van der Waals surface area contributed by atoms with E-state index >= 15 is 0 Å². The molecule has 33 heavy (non-hydrogen) atoms. The van der Waals surface area contributed by atoms with Gasteiger partial charge in [0.05, 0.1) is 40.3 Å². The number of nitrogens with two attached hydrogens (primary N) is 1. The molecule has 2 atom stereocenters. The third-order valence-corrected chi connectivity index (χ3v) is 6.14. The lowest BCUT2D eigenvalue weighted by atomic mass is 10.1. The first-order chi connectivity index (χ1) is 15.8. The van der Waals surface area contributed by atoms with Crippen LogP contribution in [0.15, 0.2) is 41.2 Å². The summed E-state index contributed by atoms with van der Waals surface area (Å²) in [6.45, 7) is 4.42. The topological polar surface area (TPSA) is 103 Å². The third kappa shape index (κ3) is 3.83. The number of anilines is 2.